The first-order chi connectivity index (χ1) is 5.96. The standard InChI is InChI=1S/C6H5BrF3N3/c7-4-3-13(12-11-4)5(1-2-5)6(8,9)10/h3H,1-2H2. The van der Waals surface area contributed by atoms with Crippen LogP contribution in [0.3, 0.4) is 0 Å². The fourth-order valence-corrected chi connectivity index (χ4v) is 1.48. The minimum atomic E-state index is -4.24. The van der Waals surface area contributed by atoms with Gasteiger partial charge in [-0.3, -0.25) is 0 Å². The van der Waals surface area contributed by atoms with Crippen molar-refractivity contribution in [3.05, 3.63) is 10.8 Å². The highest BCUT2D eigenvalue weighted by molar-refractivity contribution is 9.10. The SMILES string of the molecule is FC(F)(F)C1(n2cc(Br)nn2)CC1. The van der Waals surface area contributed by atoms with Gasteiger partial charge in [-0.2, -0.15) is 13.2 Å². The van der Waals surface area contributed by atoms with Crippen molar-refractivity contribution in [1.82, 2.24) is 15.0 Å². The van der Waals surface area contributed by atoms with Crippen LogP contribution in [0.15, 0.2) is 10.8 Å². The van der Waals surface area contributed by atoms with E-state index in [1.54, 1.807) is 0 Å². The number of rotatable bonds is 1. The van der Waals surface area contributed by atoms with Crippen LogP contribution in [-0.2, 0) is 5.54 Å². The fraction of sp³-hybridized carbons (Fsp3) is 0.667. The van der Waals surface area contributed by atoms with E-state index in [0.717, 1.165) is 4.68 Å². The average molecular weight is 256 g/mol. The summed E-state index contributed by atoms with van der Waals surface area (Å²) < 4.78 is 38.7. The first-order valence-corrected chi connectivity index (χ1v) is 4.40. The molecule has 1 aromatic rings. The van der Waals surface area contributed by atoms with Crippen LogP contribution < -0.4 is 0 Å². The van der Waals surface area contributed by atoms with Crippen LogP contribution in [0.4, 0.5) is 13.2 Å². The molecule has 0 radical (unpaired) electrons. The third-order valence-corrected chi connectivity index (χ3v) is 2.52. The molecule has 0 unspecified atom stereocenters. The van der Waals surface area contributed by atoms with Gasteiger partial charge in [-0.15, -0.1) is 5.10 Å². The summed E-state index contributed by atoms with van der Waals surface area (Å²) in [5.74, 6) is 0. The zero-order valence-corrected chi connectivity index (χ0v) is 7.93. The molecule has 13 heavy (non-hydrogen) atoms. The highest BCUT2D eigenvalue weighted by Crippen LogP contribution is 2.54. The van der Waals surface area contributed by atoms with Crippen LogP contribution in [0.2, 0.25) is 0 Å². The highest BCUT2D eigenvalue weighted by atomic mass is 79.9. The lowest BCUT2D eigenvalue weighted by atomic mass is 10.3. The molecule has 2 rings (SSSR count). The second-order valence-electron chi connectivity index (χ2n) is 3.02. The summed E-state index contributed by atoms with van der Waals surface area (Å²) in [6, 6.07) is 0. The number of hydrogen-bond acceptors (Lipinski definition) is 2. The lowest BCUT2D eigenvalue weighted by Gasteiger charge is -2.18. The molecule has 72 valence electrons. The molecule has 0 aromatic carbocycles. The van der Waals surface area contributed by atoms with Crippen LogP contribution in [-0.4, -0.2) is 21.2 Å². The van der Waals surface area contributed by atoms with Gasteiger partial charge in [-0.05, 0) is 28.8 Å². The molecule has 1 aromatic heterocycles. The first-order valence-electron chi connectivity index (χ1n) is 3.61. The molecule has 1 aliphatic rings. The summed E-state index contributed by atoms with van der Waals surface area (Å²) in [6.07, 6.45) is -2.81. The smallest absolute Gasteiger partial charge is 0.236 e. The molecular formula is C6H5BrF3N3. The Labute approximate surface area is 80.0 Å². The Kier molecular flexibility index (Phi) is 1.70. The lowest BCUT2D eigenvalue weighted by Crippen LogP contribution is -2.35. The van der Waals surface area contributed by atoms with Crippen molar-refractivity contribution >= 4 is 15.9 Å². The fourth-order valence-electron chi connectivity index (χ4n) is 1.21. The van der Waals surface area contributed by atoms with E-state index in [0.29, 0.717) is 4.60 Å². The predicted molar refractivity (Wildman–Crippen MR) is 41.0 cm³/mol. The molecule has 0 aliphatic heterocycles. The van der Waals surface area contributed by atoms with Gasteiger partial charge in [-0.1, -0.05) is 5.21 Å². The molecule has 0 N–H and O–H groups in total. The van der Waals surface area contributed by atoms with Crippen LogP contribution in [0.1, 0.15) is 12.8 Å². The van der Waals surface area contributed by atoms with Crippen molar-refractivity contribution in [3.8, 4) is 0 Å². The number of hydrogen-bond donors (Lipinski definition) is 0. The quantitative estimate of drug-likeness (QED) is 0.770. The van der Waals surface area contributed by atoms with Gasteiger partial charge in [0, 0.05) is 0 Å². The van der Waals surface area contributed by atoms with Gasteiger partial charge >= 0.3 is 6.18 Å². The third kappa shape index (κ3) is 1.25. The monoisotopic (exact) mass is 255 g/mol. The summed E-state index contributed by atoms with van der Waals surface area (Å²) in [6.45, 7) is 0. The third-order valence-electron chi connectivity index (χ3n) is 2.16. The Morgan fingerprint density at radius 1 is 1.46 bits per heavy atom. The van der Waals surface area contributed by atoms with Crippen molar-refractivity contribution in [2.75, 3.05) is 0 Å². The van der Waals surface area contributed by atoms with Gasteiger partial charge in [0.15, 0.2) is 5.54 Å². The maximum absolute atomic E-state index is 12.5. The zero-order valence-electron chi connectivity index (χ0n) is 6.35. The molecule has 0 bridgehead atoms. The summed E-state index contributed by atoms with van der Waals surface area (Å²) in [5, 5.41) is 6.88. The topological polar surface area (TPSA) is 30.7 Å². The van der Waals surface area contributed by atoms with Crippen LogP contribution in [0, 0.1) is 0 Å². The largest absolute Gasteiger partial charge is 0.413 e. The molecule has 1 aliphatic carbocycles. The Morgan fingerprint density at radius 3 is 2.38 bits per heavy atom. The van der Waals surface area contributed by atoms with Crippen LogP contribution in [0.25, 0.3) is 0 Å². The van der Waals surface area contributed by atoms with Gasteiger partial charge in [0.25, 0.3) is 0 Å². The number of alkyl halides is 3. The van der Waals surface area contributed by atoms with Gasteiger partial charge in [-0.25, -0.2) is 4.68 Å². The van der Waals surface area contributed by atoms with Crippen molar-refractivity contribution in [1.29, 1.82) is 0 Å². The van der Waals surface area contributed by atoms with Crippen molar-refractivity contribution in [3.63, 3.8) is 0 Å². The average Bonchev–Trinajstić information content (AvgIpc) is 2.70. The van der Waals surface area contributed by atoms with E-state index in [1.165, 1.54) is 6.20 Å². The van der Waals surface area contributed by atoms with E-state index in [1.807, 2.05) is 0 Å². The van der Waals surface area contributed by atoms with Gasteiger partial charge in [0.1, 0.15) is 4.60 Å². The molecular weight excluding hydrogens is 251 g/mol. The second kappa shape index (κ2) is 2.46. The number of aromatic nitrogens is 3. The molecule has 0 saturated heterocycles. The first kappa shape index (κ1) is 8.98. The maximum Gasteiger partial charge on any atom is 0.413 e. The predicted octanol–water partition coefficient (Wildman–Crippen LogP) is 2.09. The van der Waals surface area contributed by atoms with Crippen molar-refractivity contribution < 1.29 is 13.2 Å². The zero-order chi connectivity index (χ0) is 9.69. The van der Waals surface area contributed by atoms with Gasteiger partial charge < -0.3 is 0 Å². The van der Waals surface area contributed by atoms with Crippen molar-refractivity contribution in [2.24, 2.45) is 0 Å². The summed E-state index contributed by atoms with van der Waals surface area (Å²) in [5.41, 5.74) is -1.79. The van der Waals surface area contributed by atoms with Crippen LogP contribution in [0.5, 0.6) is 0 Å². The molecule has 0 spiro atoms. The van der Waals surface area contributed by atoms with E-state index in [-0.39, 0.29) is 12.8 Å². The Morgan fingerprint density at radius 2 is 2.08 bits per heavy atom. The highest BCUT2D eigenvalue weighted by Gasteiger charge is 2.65. The normalized spacial score (nSPS) is 20.3. The molecule has 0 atom stereocenters. The summed E-state index contributed by atoms with van der Waals surface area (Å²) in [7, 11) is 0. The maximum atomic E-state index is 12.5. The minimum absolute atomic E-state index is 0.0896. The Balaban J connectivity index is 2.36. The Bertz CT molecular complexity index is 328. The second-order valence-corrected chi connectivity index (χ2v) is 3.83. The molecule has 1 saturated carbocycles. The molecule has 0 amide bonds. The summed E-state index contributed by atoms with van der Waals surface area (Å²) >= 11 is 2.96. The van der Waals surface area contributed by atoms with E-state index in [9.17, 15) is 13.2 Å². The molecule has 1 fully saturated rings. The van der Waals surface area contributed by atoms with E-state index in [4.69, 9.17) is 0 Å². The molecule has 1 heterocycles. The minimum Gasteiger partial charge on any atom is -0.236 e. The van der Waals surface area contributed by atoms with E-state index < -0.39 is 11.7 Å². The van der Waals surface area contributed by atoms with Gasteiger partial charge in [0.2, 0.25) is 0 Å². The van der Waals surface area contributed by atoms with Gasteiger partial charge in [0.05, 0.1) is 6.20 Å². The number of halogens is 4. The molecule has 7 heteroatoms. The lowest BCUT2D eigenvalue weighted by molar-refractivity contribution is -0.182. The molecule has 3 nitrogen and oxygen atoms in total. The van der Waals surface area contributed by atoms with E-state index in [2.05, 4.69) is 26.2 Å². The van der Waals surface area contributed by atoms with Crippen molar-refractivity contribution in [2.45, 2.75) is 24.6 Å². The Hall–Kier alpha value is -0.590. The van der Waals surface area contributed by atoms with Crippen LogP contribution >= 0.6 is 15.9 Å². The van der Waals surface area contributed by atoms with E-state index >= 15 is 0 Å². The number of nitrogens with zero attached hydrogens (tertiary/aromatic N) is 3. The summed E-state index contributed by atoms with van der Waals surface area (Å²) in [4.78, 5) is 0.